The van der Waals surface area contributed by atoms with Crippen molar-refractivity contribution in [1.82, 2.24) is 9.78 Å². The Morgan fingerprint density at radius 1 is 1.52 bits per heavy atom. The number of hydrogen-bond donors (Lipinski definition) is 2. The van der Waals surface area contributed by atoms with Gasteiger partial charge in [-0.1, -0.05) is 0 Å². The number of aryl methyl sites for hydroxylation is 1. The van der Waals surface area contributed by atoms with Crippen molar-refractivity contribution in [3.05, 3.63) is 41.5 Å². The highest BCUT2D eigenvalue weighted by atomic mass is 19.1. The molecule has 2 aromatic rings. The number of ether oxygens (including phenoxy) is 1. The van der Waals surface area contributed by atoms with Crippen molar-refractivity contribution in [2.45, 2.75) is 13.5 Å². The van der Waals surface area contributed by atoms with Gasteiger partial charge in [0.2, 0.25) is 0 Å². The molecule has 1 aromatic carbocycles. The van der Waals surface area contributed by atoms with Crippen LogP contribution < -0.4 is 11.1 Å². The normalized spacial score (nSPS) is 10.4. The quantitative estimate of drug-likeness (QED) is 0.650. The fourth-order valence-electron chi connectivity index (χ4n) is 1.87. The zero-order chi connectivity index (χ0) is 15.4. The van der Waals surface area contributed by atoms with E-state index in [1.807, 2.05) is 6.07 Å². The molecule has 0 unspecified atom stereocenters. The third-order valence-electron chi connectivity index (χ3n) is 3.02. The molecule has 2 rings (SSSR count). The molecule has 0 radical (unpaired) electrons. The summed E-state index contributed by atoms with van der Waals surface area (Å²) in [5.74, 6) is -1.10. The summed E-state index contributed by atoms with van der Waals surface area (Å²) in [6.07, 6.45) is 1.65. The summed E-state index contributed by atoms with van der Waals surface area (Å²) in [6, 6.07) is 4.28. The molecule has 0 aliphatic carbocycles. The zero-order valence-corrected chi connectivity index (χ0v) is 11.9. The van der Waals surface area contributed by atoms with Crippen molar-refractivity contribution < 1.29 is 13.9 Å². The summed E-state index contributed by atoms with van der Waals surface area (Å²) < 4.78 is 20.5. The number of nitrogens with two attached hydrogens (primary N) is 1. The second-order valence-corrected chi connectivity index (χ2v) is 4.44. The molecule has 0 spiro atoms. The van der Waals surface area contributed by atoms with Crippen LogP contribution in [-0.4, -0.2) is 22.4 Å². The van der Waals surface area contributed by atoms with E-state index < -0.39 is 11.8 Å². The molecule has 0 aliphatic rings. The minimum atomic E-state index is -0.571. The highest BCUT2D eigenvalue weighted by molar-refractivity contribution is 5.96. The van der Waals surface area contributed by atoms with Crippen LogP contribution in [0, 0.1) is 5.82 Å². The lowest BCUT2D eigenvalue weighted by molar-refractivity contribution is 0.0527. The van der Waals surface area contributed by atoms with E-state index in [1.165, 1.54) is 6.07 Å². The third-order valence-corrected chi connectivity index (χ3v) is 3.02. The Morgan fingerprint density at radius 3 is 2.90 bits per heavy atom. The summed E-state index contributed by atoms with van der Waals surface area (Å²) in [6.45, 7) is 2.30. The minimum absolute atomic E-state index is 0.0528. The van der Waals surface area contributed by atoms with E-state index in [4.69, 9.17) is 10.5 Å². The predicted octanol–water partition coefficient (Wildman–Crippen LogP) is 1.93. The van der Waals surface area contributed by atoms with Crippen molar-refractivity contribution in [1.29, 1.82) is 0 Å². The highest BCUT2D eigenvalue weighted by Crippen LogP contribution is 2.23. The van der Waals surface area contributed by atoms with Crippen LogP contribution in [0.5, 0.6) is 0 Å². The standard InChI is InChI=1S/C14H17FN4O2/c1-3-21-14(20)10-6-13(11(15)7-12(10)16)17-8-9-4-5-18-19(9)2/h4-7,17H,3,8,16H2,1-2H3. The molecule has 0 amide bonds. The van der Waals surface area contributed by atoms with Gasteiger partial charge in [0.25, 0.3) is 0 Å². The number of nitrogens with zero attached hydrogens (tertiary/aromatic N) is 2. The summed E-state index contributed by atoms with van der Waals surface area (Å²) in [5.41, 5.74) is 6.92. The maximum atomic E-state index is 13.9. The smallest absolute Gasteiger partial charge is 0.340 e. The van der Waals surface area contributed by atoms with Crippen LogP contribution in [0.3, 0.4) is 0 Å². The van der Waals surface area contributed by atoms with Crippen molar-refractivity contribution in [2.75, 3.05) is 17.7 Å². The Hall–Kier alpha value is -2.57. The summed E-state index contributed by atoms with van der Waals surface area (Å²) in [7, 11) is 1.79. The number of rotatable bonds is 5. The van der Waals surface area contributed by atoms with Crippen LogP contribution in [0.15, 0.2) is 24.4 Å². The number of benzene rings is 1. The van der Waals surface area contributed by atoms with Gasteiger partial charge in [-0.2, -0.15) is 5.10 Å². The largest absolute Gasteiger partial charge is 0.462 e. The van der Waals surface area contributed by atoms with E-state index in [0.29, 0.717) is 6.54 Å². The number of halogens is 1. The second kappa shape index (κ2) is 6.25. The van der Waals surface area contributed by atoms with Crippen molar-refractivity contribution >= 4 is 17.3 Å². The van der Waals surface area contributed by atoms with E-state index in [2.05, 4.69) is 10.4 Å². The first-order valence-electron chi connectivity index (χ1n) is 6.49. The van der Waals surface area contributed by atoms with E-state index in [0.717, 1.165) is 11.8 Å². The van der Waals surface area contributed by atoms with Crippen molar-refractivity contribution in [3.63, 3.8) is 0 Å². The highest BCUT2D eigenvalue weighted by Gasteiger charge is 2.15. The molecule has 21 heavy (non-hydrogen) atoms. The summed E-state index contributed by atoms with van der Waals surface area (Å²) >= 11 is 0. The van der Waals surface area contributed by atoms with Crippen LogP contribution in [0.2, 0.25) is 0 Å². The average Bonchev–Trinajstić information content (AvgIpc) is 2.83. The maximum absolute atomic E-state index is 13.9. The first-order valence-corrected chi connectivity index (χ1v) is 6.49. The molecular formula is C14H17FN4O2. The lowest BCUT2D eigenvalue weighted by atomic mass is 10.1. The molecule has 0 aliphatic heterocycles. The van der Waals surface area contributed by atoms with Gasteiger partial charge in [0.1, 0.15) is 5.82 Å². The molecule has 0 bridgehead atoms. The van der Waals surface area contributed by atoms with Crippen LogP contribution >= 0.6 is 0 Å². The van der Waals surface area contributed by atoms with E-state index >= 15 is 0 Å². The van der Waals surface area contributed by atoms with Crippen LogP contribution in [0.4, 0.5) is 15.8 Å². The van der Waals surface area contributed by atoms with Crippen LogP contribution in [0.25, 0.3) is 0 Å². The molecular weight excluding hydrogens is 275 g/mol. The number of hydrogen-bond acceptors (Lipinski definition) is 5. The molecule has 3 N–H and O–H groups in total. The Labute approximate surface area is 121 Å². The lowest BCUT2D eigenvalue weighted by Crippen LogP contribution is -2.11. The van der Waals surface area contributed by atoms with E-state index in [1.54, 1.807) is 24.9 Å². The van der Waals surface area contributed by atoms with Gasteiger partial charge >= 0.3 is 5.97 Å². The van der Waals surface area contributed by atoms with Crippen molar-refractivity contribution in [3.8, 4) is 0 Å². The second-order valence-electron chi connectivity index (χ2n) is 4.44. The van der Waals surface area contributed by atoms with Gasteiger partial charge in [-0.3, -0.25) is 4.68 Å². The number of nitrogens with one attached hydrogen (secondary N) is 1. The fourth-order valence-corrected chi connectivity index (χ4v) is 1.87. The lowest BCUT2D eigenvalue weighted by Gasteiger charge is -2.11. The Kier molecular flexibility index (Phi) is 4.42. The SMILES string of the molecule is CCOC(=O)c1cc(NCc2ccnn2C)c(F)cc1N. The Bertz CT molecular complexity index is 654. The molecule has 1 aromatic heterocycles. The third kappa shape index (κ3) is 3.31. The van der Waals surface area contributed by atoms with Crippen LogP contribution in [0.1, 0.15) is 23.0 Å². The summed E-state index contributed by atoms with van der Waals surface area (Å²) in [4.78, 5) is 11.7. The zero-order valence-electron chi connectivity index (χ0n) is 11.9. The first kappa shape index (κ1) is 14.8. The molecule has 112 valence electrons. The number of anilines is 2. The van der Waals surface area contributed by atoms with Gasteiger partial charge in [-0.05, 0) is 25.1 Å². The molecule has 0 fully saturated rings. The average molecular weight is 292 g/mol. The number of esters is 1. The van der Waals surface area contributed by atoms with Gasteiger partial charge in [0.05, 0.1) is 30.1 Å². The molecule has 0 atom stereocenters. The van der Waals surface area contributed by atoms with Gasteiger partial charge in [0.15, 0.2) is 0 Å². The maximum Gasteiger partial charge on any atom is 0.340 e. The molecule has 0 saturated carbocycles. The number of nitrogen functional groups attached to an aromatic ring is 1. The number of carbonyl (C=O) groups excluding carboxylic acids is 1. The Balaban J connectivity index is 2.21. The number of aromatic nitrogens is 2. The fraction of sp³-hybridized carbons (Fsp3) is 0.286. The molecule has 1 heterocycles. The Morgan fingerprint density at radius 2 is 2.29 bits per heavy atom. The van der Waals surface area contributed by atoms with Gasteiger partial charge in [-0.25, -0.2) is 9.18 Å². The van der Waals surface area contributed by atoms with Gasteiger partial charge < -0.3 is 15.8 Å². The van der Waals surface area contributed by atoms with E-state index in [-0.39, 0.29) is 23.5 Å². The topological polar surface area (TPSA) is 82.2 Å². The molecule has 6 nitrogen and oxygen atoms in total. The monoisotopic (exact) mass is 292 g/mol. The molecule has 0 saturated heterocycles. The van der Waals surface area contributed by atoms with Crippen molar-refractivity contribution in [2.24, 2.45) is 7.05 Å². The predicted molar refractivity (Wildman–Crippen MR) is 77.3 cm³/mol. The summed E-state index contributed by atoms with van der Waals surface area (Å²) in [5, 5.41) is 6.95. The van der Waals surface area contributed by atoms with Gasteiger partial charge in [0, 0.05) is 18.9 Å². The minimum Gasteiger partial charge on any atom is -0.462 e. The van der Waals surface area contributed by atoms with Gasteiger partial charge in [-0.15, -0.1) is 0 Å². The number of carbonyl (C=O) groups is 1. The molecule has 7 heteroatoms. The van der Waals surface area contributed by atoms with E-state index in [9.17, 15) is 9.18 Å². The van der Waals surface area contributed by atoms with Crippen LogP contribution in [-0.2, 0) is 18.3 Å². The first-order chi connectivity index (χ1) is 10.0.